The predicted octanol–water partition coefficient (Wildman–Crippen LogP) is 1.12. The van der Waals surface area contributed by atoms with Crippen LogP contribution >= 0.6 is 0 Å². The Morgan fingerprint density at radius 2 is 2.00 bits per heavy atom. The van der Waals surface area contributed by atoms with Crippen molar-refractivity contribution in [2.24, 2.45) is 5.92 Å². The molecule has 2 atom stereocenters. The molecule has 0 aliphatic heterocycles. The molecule has 0 aromatic heterocycles. The Kier molecular flexibility index (Phi) is 6.71. The van der Waals surface area contributed by atoms with Crippen LogP contribution in [0.3, 0.4) is 0 Å². The molecule has 1 rings (SSSR count). The maximum atomic E-state index is 12.0. The summed E-state index contributed by atoms with van der Waals surface area (Å²) in [6.45, 7) is 1.21. The van der Waals surface area contributed by atoms with E-state index in [9.17, 15) is 14.7 Å². The summed E-state index contributed by atoms with van der Waals surface area (Å²) < 4.78 is 35.0. The van der Waals surface area contributed by atoms with Gasteiger partial charge in [-0.3, -0.25) is 4.79 Å². The fraction of sp³-hybridized carbons (Fsp3) is 0.400. The lowest BCUT2D eigenvalue weighted by molar-refractivity contribution is -0.191. The second kappa shape index (κ2) is 11.2. The smallest absolute Gasteiger partial charge is 0.373 e. The normalized spacial score (nSPS) is 14.6. The van der Waals surface area contributed by atoms with Crippen molar-refractivity contribution in [2.75, 3.05) is 6.61 Å². The van der Waals surface area contributed by atoms with Crippen molar-refractivity contribution in [3.63, 3.8) is 0 Å². The summed E-state index contributed by atoms with van der Waals surface area (Å²) >= 11 is 0. The van der Waals surface area contributed by atoms with E-state index in [0.717, 1.165) is 6.07 Å². The van der Waals surface area contributed by atoms with Crippen molar-refractivity contribution in [3.05, 3.63) is 35.8 Å². The third kappa shape index (κ3) is 8.63. The maximum Gasteiger partial charge on any atom is 0.373 e. The van der Waals surface area contributed by atoms with Crippen LogP contribution in [0, 0.1) is 5.92 Å². The molecule has 22 heavy (non-hydrogen) atoms. The number of esters is 1. The fourth-order valence-corrected chi connectivity index (χ4v) is 1.42. The van der Waals surface area contributed by atoms with Crippen LogP contribution in [0.1, 0.15) is 35.6 Å². The number of benzene rings is 1. The van der Waals surface area contributed by atoms with E-state index in [1.54, 1.807) is 0 Å². The van der Waals surface area contributed by atoms with E-state index >= 15 is 0 Å². The number of aliphatic carboxylic acids is 1. The summed E-state index contributed by atoms with van der Waals surface area (Å²) in [6.07, 6.45) is -0.697. The summed E-state index contributed by atoms with van der Waals surface area (Å²) in [6, 6.07) is -0.872. The second-order valence-corrected chi connectivity index (χ2v) is 4.19. The van der Waals surface area contributed by atoms with E-state index in [2.05, 4.69) is 0 Å². The Labute approximate surface area is 133 Å². The van der Waals surface area contributed by atoms with Crippen molar-refractivity contribution in [1.82, 2.24) is 0 Å². The third-order valence-corrected chi connectivity index (χ3v) is 2.61. The number of carbonyl (C=O) groups excluding carboxylic acids is 3. The number of hydrogen-bond acceptors (Lipinski definition) is 6. The average molecular weight is 314 g/mol. The molecular weight excluding hydrogens is 292 g/mol. The number of carbonyl (C=O) groups is 2. The van der Waals surface area contributed by atoms with Crippen LogP contribution in [-0.4, -0.2) is 41.0 Å². The van der Waals surface area contributed by atoms with E-state index in [0.29, 0.717) is 0 Å². The summed E-state index contributed by atoms with van der Waals surface area (Å²) in [4.78, 5) is 38.8. The minimum Gasteiger partial charge on any atom is -0.481 e. The van der Waals surface area contributed by atoms with Gasteiger partial charge in [0.15, 0.2) is 0 Å². The summed E-state index contributed by atoms with van der Waals surface area (Å²) in [5, 5.41) is 18.2. The molecule has 1 aromatic rings. The first-order valence-electron chi connectivity index (χ1n) is 8.20. The molecular formula is C15H18O7. The van der Waals surface area contributed by atoms with Gasteiger partial charge in [-0.2, -0.15) is 9.59 Å². The first kappa shape index (κ1) is 13.2. The first-order chi connectivity index (χ1) is 12.1. The number of ether oxygens (including phenoxy) is 1. The van der Waals surface area contributed by atoms with Gasteiger partial charge in [0.05, 0.1) is 23.8 Å². The van der Waals surface area contributed by atoms with E-state index in [4.69, 9.17) is 24.9 Å². The molecule has 0 aliphatic rings. The molecule has 7 heteroatoms. The topological polar surface area (TPSA) is 118 Å². The number of aliphatic hydroxyl groups is 1. The highest BCUT2D eigenvalue weighted by Gasteiger charge is 2.19. The minimum absolute atomic E-state index is 0.118. The molecule has 0 amide bonds. The Morgan fingerprint density at radius 1 is 1.36 bits per heavy atom. The third-order valence-electron chi connectivity index (χ3n) is 2.61. The van der Waals surface area contributed by atoms with Crippen molar-refractivity contribution in [1.29, 1.82) is 0 Å². The zero-order chi connectivity index (χ0) is 20.4. The van der Waals surface area contributed by atoms with Crippen LogP contribution in [0.2, 0.25) is 0 Å². The van der Waals surface area contributed by atoms with Crippen LogP contribution < -0.4 is 0 Å². The Balaban J connectivity index is 0.00000194. The molecule has 0 fully saturated rings. The molecule has 0 saturated heterocycles. The quantitative estimate of drug-likeness (QED) is 0.724. The van der Waals surface area contributed by atoms with Crippen molar-refractivity contribution < 1.29 is 39.6 Å². The van der Waals surface area contributed by atoms with Crippen LogP contribution in [-0.2, 0) is 19.1 Å². The zero-order valence-electron chi connectivity index (χ0n) is 15.8. The van der Waals surface area contributed by atoms with Gasteiger partial charge in [0.25, 0.3) is 0 Å². The molecule has 0 bridgehead atoms. The molecule has 0 aliphatic carbocycles. The van der Waals surface area contributed by atoms with Gasteiger partial charge in [-0.1, -0.05) is 18.1 Å². The molecule has 2 unspecified atom stereocenters. The van der Waals surface area contributed by atoms with Gasteiger partial charge in [0.1, 0.15) is 0 Å². The highest BCUT2D eigenvalue weighted by Crippen LogP contribution is 2.13. The van der Waals surface area contributed by atoms with Crippen molar-refractivity contribution in [3.8, 4) is 0 Å². The molecule has 1 aromatic carbocycles. The maximum absolute atomic E-state index is 12.0. The van der Waals surface area contributed by atoms with Crippen molar-refractivity contribution >= 4 is 18.1 Å². The Morgan fingerprint density at radius 3 is 2.55 bits per heavy atom. The number of aliphatic hydroxyl groups excluding tert-OH is 1. The molecule has 0 spiro atoms. The lowest BCUT2D eigenvalue weighted by atomic mass is 9.99. The largest absolute Gasteiger partial charge is 0.481 e. The average Bonchev–Trinajstić information content (AvgIpc) is 2.56. The van der Waals surface area contributed by atoms with E-state index in [1.165, 1.54) is 6.92 Å². The minimum atomic E-state index is -1.03. The standard InChI is InChI=1S/C14H18O5.CO2/c1-10(15)12(7-8-13(16)17)9-19-14(18)11-5-3-2-4-6-11;2-1-3/h2-6,10,12,15H,7-9H2,1H3,(H,16,17);/i2D,3D,4D,5D;. The van der Waals surface area contributed by atoms with Gasteiger partial charge in [-0.15, -0.1) is 0 Å². The lowest BCUT2D eigenvalue weighted by Gasteiger charge is -2.18. The first-order valence-corrected chi connectivity index (χ1v) is 6.20. The second-order valence-electron chi connectivity index (χ2n) is 4.19. The molecule has 0 heterocycles. The summed E-state index contributed by atoms with van der Waals surface area (Å²) in [5.41, 5.74) is -0.307. The predicted molar refractivity (Wildman–Crippen MR) is 73.8 cm³/mol. The molecule has 2 N–H and O–H groups in total. The van der Waals surface area contributed by atoms with E-state index in [1.807, 2.05) is 0 Å². The number of carboxylic acids is 1. The lowest BCUT2D eigenvalue weighted by Crippen LogP contribution is -2.24. The number of hydrogen-bond donors (Lipinski definition) is 2. The van der Waals surface area contributed by atoms with Crippen LogP contribution in [0.4, 0.5) is 0 Å². The molecule has 7 nitrogen and oxygen atoms in total. The zero-order valence-corrected chi connectivity index (χ0v) is 11.8. The Bertz CT molecular complexity index is 685. The SMILES string of the molecule is O=C=O.[2H]c1cc(C(=O)OCC(CCC(=O)O)C(C)O)c([2H])c([2H])c1[2H]. The fourth-order valence-electron chi connectivity index (χ4n) is 1.42. The monoisotopic (exact) mass is 314 g/mol. The van der Waals surface area contributed by atoms with Gasteiger partial charge in [-0.25, -0.2) is 4.79 Å². The number of carboxylic acid groups (broad SMARTS) is 1. The molecule has 120 valence electrons. The highest BCUT2D eigenvalue weighted by atomic mass is 16.5. The van der Waals surface area contributed by atoms with Gasteiger partial charge in [-0.05, 0) is 25.5 Å². The van der Waals surface area contributed by atoms with Gasteiger partial charge < -0.3 is 14.9 Å². The van der Waals surface area contributed by atoms with Gasteiger partial charge in [0.2, 0.25) is 0 Å². The van der Waals surface area contributed by atoms with E-state index < -0.39 is 42.1 Å². The van der Waals surface area contributed by atoms with Gasteiger partial charge >= 0.3 is 18.1 Å². The number of rotatable bonds is 7. The van der Waals surface area contributed by atoms with Crippen LogP contribution in [0.5, 0.6) is 0 Å². The summed E-state index contributed by atoms with van der Waals surface area (Å²) in [7, 11) is 0. The van der Waals surface area contributed by atoms with Crippen LogP contribution in [0.15, 0.2) is 30.2 Å². The highest BCUT2D eigenvalue weighted by molar-refractivity contribution is 5.89. The van der Waals surface area contributed by atoms with Crippen LogP contribution in [0.25, 0.3) is 0 Å². The molecule has 0 radical (unpaired) electrons. The Hall–Kier alpha value is -2.50. The van der Waals surface area contributed by atoms with Gasteiger partial charge in [0, 0.05) is 12.3 Å². The summed E-state index contributed by atoms with van der Waals surface area (Å²) in [5.74, 6) is -2.55. The van der Waals surface area contributed by atoms with E-state index in [-0.39, 0.29) is 37.2 Å². The molecule has 0 saturated carbocycles. The van der Waals surface area contributed by atoms with Crippen molar-refractivity contribution in [2.45, 2.75) is 25.9 Å².